The van der Waals surface area contributed by atoms with Crippen molar-refractivity contribution in [3.8, 4) is 10.4 Å². The van der Waals surface area contributed by atoms with Gasteiger partial charge in [0, 0.05) is 47.6 Å². The fraction of sp³-hybridized carbons (Fsp3) is 0.519. The van der Waals surface area contributed by atoms with Gasteiger partial charge in [-0.3, -0.25) is 9.69 Å². The first-order valence-corrected chi connectivity index (χ1v) is 13.1. The molecule has 1 aliphatic heterocycles. The molecule has 2 aliphatic rings. The Morgan fingerprint density at radius 2 is 1.94 bits per heavy atom. The standard InChI is InChI=1S/C27H35NO5S/c29-23-18-24(33-19-21-12-13-25(34-21)20-8-4-3-5-9-20)22(10-6-1-2-7-11-26(30)31)27(23)28-14-16-32-17-15-28/h1,3-6,8-9,12-13,22-24,27,29H,2,7,10-11,14-19H2,(H,30,31)/b6-1-/t22-,23+,24-,27+/m0/s1. The number of nitrogens with zero attached hydrogens (tertiary/aromatic N) is 1. The summed E-state index contributed by atoms with van der Waals surface area (Å²) in [6.07, 6.45) is 6.83. The van der Waals surface area contributed by atoms with E-state index in [2.05, 4.69) is 53.5 Å². The van der Waals surface area contributed by atoms with Gasteiger partial charge in [0.05, 0.1) is 32.0 Å². The first-order chi connectivity index (χ1) is 16.6. The van der Waals surface area contributed by atoms with Crippen molar-refractivity contribution >= 4 is 17.3 Å². The van der Waals surface area contributed by atoms with Crippen molar-refractivity contribution in [1.82, 2.24) is 4.90 Å². The molecule has 1 saturated heterocycles. The van der Waals surface area contributed by atoms with Crippen LogP contribution in [0.2, 0.25) is 0 Å². The molecule has 7 heteroatoms. The number of aliphatic hydroxyl groups is 1. The molecule has 2 heterocycles. The number of aliphatic carboxylic acids is 1. The number of allylic oxidation sites excluding steroid dienone is 2. The quantitative estimate of drug-likeness (QED) is 0.358. The number of rotatable bonds is 11. The van der Waals surface area contributed by atoms with E-state index in [1.807, 2.05) is 6.07 Å². The Bertz CT molecular complexity index is 924. The van der Waals surface area contributed by atoms with Crippen LogP contribution in [0.4, 0.5) is 0 Å². The number of benzene rings is 1. The molecule has 4 atom stereocenters. The van der Waals surface area contributed by atoms with Gasteiger partial charge in [-0.05, 0) is 37.0 Å². The molecule has 0 spiro atoms. The van der Waals surface area contributed by atoms with Crippen molar-refractivity contribution in [3.05, 3.63) is 59.5 Å². The maximum Gasteiger partial charge on any atom is 0.303 e. The molecule has 1 aromatic heterocycles. The summed E-state index contributed by atoms with van der Waals surface area (Å²) in [6.45, 7) is 3.61. The Balaban J connectivity index is 1.39. The molecule has 1 aliphatic carbocycles. The molecule has 0 bridgehead atoms. The molecule has 34 heavy (non-hydrogen) atoms. The Morgan fingerprint density at radius 1 is 1.15 bits per heavy atom. The molecule has 4 rings (SSSR count). The van der Waals surface area contributed by atoms with E-state index >= 15 is 0 Å². The molecule has 0 unspecified atom stereocenters. The third-order valence-corrected chi connectivity index (χ3v) is 7.86. The largest absolute Gasteiger partial charge is 0.481 e. The highest BCUT2D eigenvalue weighted by atomic mass is 32.1. The van der Waals surface area contributed by atoms with Gasteiger partial charge < -0.3 is 19.7 Å². The third-order valence-electron chi connectivity index (χ3n) is 6.75. The number of carboxylic acid groups (broad SMARTS) is 1. The Labute approximate surface area is 205 Å². The molecule has 2 N–H and O–H groups in total. The van der Waals surface area contributed by atoms with Crippen molar-refractivity contribution < 1.29 is 24.5 Å². The lowest BCUT2D eigenvalue weighted by Gasteiger charge is -2.37. The third kappa shape index (κ3) is 6.77. The Morgan fingerprint density at radius 3 is 2.71 bits per heavy atom. The lowest BCUT2D eigenvalue weighted by Crippen LogP contribution is -2.50. The van der Waals surface area contributed by atoms with Gasteiger partial charge in [-0.2, -0.15) is 0 Å². The fourth-order valence-corrected chi connectivity index (χ4v) is 6.01. The number of carboxylic acids is 1. The highest BCUT2D eigenvalue weighted by Crippen LogP contribution is 2.37. The van der Waals surface area contributed by atoms with Crippen LogP contribution in [-0.4, -0.2) is 65.6 Å². The molecule has 6 nitrogen and oxygen atoms in total. The minimum Gasteiger partial charge on any atom is -0.481 e. The zero-order valence-corrected chi connectivity index (χ0v) is 20.4. The summed E-state index contributed by atoms with van der Waals surface area (Å²) >= 11 is 1.75. The Hall–Kier alpha value is -2.03. The highest BCUT2D eigenvalue weighted by Gasteiger charge is 2.45. The highest BCUT2D eigenvalue weighted by molar-refractivity contribution is 7.15. The van der Waals surface area contributed by atoms with Crippen molar-refractivity contribution in [3.63, 3.8) is 0 Å². The minimum absolute atomic E-state index is 0.0196. The van der Waals surface area contributed by atoms with Crippen LogP contribution in [0.25, 0.3) is 10.4 Å². The summed E-state index contributed by atoms with van der Waals surface area (Å²) < 4.78 is 12.0. The van der Waals surface area contributed by atoms with Gasteiger partial charge in [0.15, 0.2) is 0 Å². The van der Waals surface area contributed by atoms with Gasteiger partial charge in [0.25, 0.3) is 0 Å². The van der Waals surface area contributed by atoms with E-state index in [0.29, 0.717) is 32.7 Å². The second-order valence-corrected chi connectivity index (χ2v) is 10.2. The van der Waals surface area contributed by atoms with Crippen molar-refractivity contribution in [1.29, 1.82) is 0 Å². The second kappa shape index (κ2) is 12.6. The molecule has 0 radical (unpaired) electrons. The molecule has 2 fully saturated rings. The summed E-state index contributed by atoms with van der Waals surface area (Å²) in [7, 11) is 0. The Kier molecular flexibility index (Phi) is 9.30. The van der Waals surface area contributed by atoms with Gasteiger partial charge in [-0.15, -0.1) is 11.3 Å². The number of hydrogen-bond acceptors (Lipinski definition) is 6. The van der Waals surface area contributed by atoms with E-state index < -0.39 is 12.1 Å². The van der Waals surface area contributed by atoms with Crippen LogP contribution in [0, 0.1) is 5.92 Å². The summed E-state index contributed by atoms with van der Waals surface area (Å²) in [6, 6.07) is 14.7. The summed E-state index contributed by atoms with van der Waals surface area (Å²) in [4.78, 5) is 15.5. The van der Waals surface area contributed by atoms with Crippen LogP contribution in [0.15, 0.2) is 54.6 Å². The molecule has 1 aromatic carbocycles. The van der Waals surface area contributed by atoms with Gasteiger partial charge in [0.2, 0.25) is 0 Å². The predicted octanol–water partition coefficient (Wildman–Crippen LogP) is 4.58. The lowest BCUT2D eigenvalue weighted by molar-refractivity contribution is -0.137. The number of thiophene rings is 1. The number of hydrogen-bond donors (Lipinski definition) is 2. The van der Waals surface area contributed by atoms with Crippen LogP contribution in [0.5, 0.6) is 0 Å². The van der Waals surface area contributed by atoms with Gasteiger partial charge in [-0.25, -0.2) is 0 Å². The van der Waals surface area contributed by atoms with E-state index in [1.165, 1.54) is 15.3 Å². The number of carbonyl (C=O) groups is 1. The van der Waals surface area contributed by atoms with Crippen LogP contribution in [0.1, 0.15) is 37.0 Å². The molecular weight excluding hydrogens is 450 g/mol. The predicted molar refractivity (Wildman–Crippen MR) is 134 cm³/mol. The summed E-state index contributed by atoms with van der Waals surface area (Å²) in [5.41, 5.74) is 1.22. The molecule has 2 aromatic rings. The summed E-state index contributed by atoms with van der Waals surface area (Å²) in [5, 5.41) is 19.8. The van der Waals surface area contributed by atoms with E-state index in [0.717, 1.165) is 25.9 Å². The van der Waals surface area contributed by atoms with Crippen LogP contribution >= 0.6 is 11.3 Å². The van der Waals surface area contributed by atoms with Crippen LogP contribution in [0.3, 0.4) is 0 Å². The summed E-state index contributed by atoms with van der Waals surface area (Å²) in [5.74, 6) is -0.561. The van der Waals surface area contributed by atoms with Crippen LogP contribution in [-0.2, 0) is 20.9 Å². The first-order valence-electron chi connectivity index (χ1n) is 12.2. The van der Waals surface area contributed by atoms with E-state index in [4.69, 9.17) is 14.6 Å². The minimum atomic E-state index is -0.753. The molecular formula is C27H35NO5S. The zero-order valence-electron chi connectivity index (χ0n) is 19.6. The van der Waals surface area contributed by atoms with Crippen molar-refractivity contribution in [2.24, 2.45) is 5.92 Å². The molecule has 0 amide bonds. The fourth-order valence-electron chi connectivity index (χ4n) is 5.07. The number of ether oxygens (including phenoxy) is 2. The van der Waals surface area contributed by atoms with E-state index in [9.17, 15) is 9.90 Å². The van der Waals surface area contributed by atoms with E-state index in [-0.39, 0.29) is 24.5 Å². The second-order valence-electron chi connectivity index (χ2n) is 9.08. The van der Waals surface area contributed by atoms with Gasteiger partial charge >= 0.3 is 5.97 Å². The lowest BCUT2D eigenvalue weighted by atomic mass is 9.94. The normalized spacial score (nSPS) is 25.8. The molecule has 1 saturated carbocycles. The number of unbranched alkanes of at least 4 members (excludes halogenated alkanes) is 1. The van der Waals surface area contributed by atoms with Crippen molar-refractivity contribution in [2.45, 2.75) is 57.0 Å². The van der Waals surface area contributed by atoms with Gasteiger partial charge in [0.1, 0.15) is 0 Å². The van der Waals surface area contributed by atoms with Crippen molar-refractivity contribution in [2.75, 3.05) is 26.3 Å². The zero-order chi connectivity index (χ0) is 23.8. The van der Waals surface area contributed by atoms with Crippen LogP contribution < -0.4 is 0 Å². The number of aliphatic hydroxyl groups excluding tert-OH is 1. The van der Waals surface area contributed by atoms with Gasteiger partial charge in [-0.1, -0.05) is 42.5 Å². The number of morpholine rings is 1. The molecule has 184 valence electrons. The average molecular weight is 486 g/mol. The SMILES string of the molecule is O=C(O)CCC/C=C\C[C@@H]1[C@@H](N2CCOCC2)[C@H](O)C[C@@H]1OCc1ccc(-c2ccccc2)s1. The monoisotopic (exact) mass is 485 g/mol. The maximum absolute atomic E-state index is 11.0. The maximum atomic E-state index is 11.0. The first kappa shape index (κ1) is 25.1. The topological polar surface area (TPSA) is 79.2 Å². The van der Waals surface area contributed by atoms with E-state index in [1.54, 1.807) is 11.3 Å². The smallest absolute Gasteiger partial charge is 0.303 e. The average Bonchev–Trinajstić information content (AvgIpc) is 3.45.